The van der Waals surface area contributed by atoms with E-state index in [4.69, 9.17) is 4.74 Å². The van der Waals surface area contributed by atoms with Crippen molar-refractivity contribution < 1.29 is 14.2 Å². The molecule has 1 unspecified atom stereocenters. The molecule has 0 aromatic heterocycles. The van der Waals surface area contributed by atoms with Crippen LogP contribution in [0.15, 0.2) is 54.6 Å². The van der Waals surface area contributed by atoms with Crippen LogP contribution in [0.5, 0.6) is 0 Å². The number of benzene rings is 2. The van der Waals surface area contributed by atoms with Gasteiger partial charge in [-0.1, -0.05) is 42.5 Å². The monoisotopic (exact) mass is 260 g/mol. The van der Waals surface area contributed by atoms with E-state index >= 15 is 0 Å². The Morgan fingerprint density at radius 1 is 1.00 bits per heavy atom. The van der Waals surface area contributed by atoms with E-state index in [1.165, 1.54) is 12.1 Å². The van der Waals surface area contributed by atoms with E-state index in [2.05, 4.69) is 0 Å². The summed E-state index contributed by atoms with van der Waals surface area (Å²) in [6.07, 6.45) is 0. The first-order valence-corrected chi connectivity index (χ1v) is 6.27. The Labute approximate surface area is 112 Å². The van der Waals surface area contributed by atoms with Crippen molar-refractivity contribution in [2.24, 2.45) is 0 Å². The fraction of sp³-hybridized carbons (Fsp3) is 0.250. The Balaban J connectivity index is 1.87. The lowest BCUT2D eigenvalue weighted by Gasteiger charge is -2.15. The van der Waals surface area contributed by atoms with Gasteiger partial charge in [0.15, 0.2) is 0 Å². The maximum absolute atomic E-state index is 12.8. The van der Waals surface area contributed by atoms with Crippen LogP contribution in [-0.4, -0.2) is 18.3 Å². The number of aliphatic hydroxyl groups is 1. The third-order valence-corrected chi connectivity index (χ3v) is 2.99. The number of rotatable bonds is 6. The quantitative estimate of drug-likeness (QED) is 0.864. The molecule has 0 heterocycles. The van der Waals surface area contributed by atoms with Gasteiger partial charge in [-0.3, -0.25) is 0 Å². The van der Waals surface area contributed by atoms with Gasteiger partial charge in [0.1, 0.15) is 5.82 Å². The lowest BCUT2D eigenvalue weighted by Crippen LogP contribution is -2.12. The molecular weight excluding hydrogens is 243 g/mol. The number of aliphatic hydroxyl groups excluding tert-OH is 1. The minimum atomic E-state index is -0.273. The molecule has 3 heteroatoms. The van der Waals surface area contributed by atoms with E-state index in [1.807, 2.05) is 30.3 Å². The molecule has 2 aromatic rings. The van der Waals surface area contributed by atoms with Gasteiger partial charge in [0.05, 0.1) is 19.8 Å². The summed E-state index contributed by atoms with van der Waals surface area (Å²) >= 11 is 0. The van der Waals surface area contributed by atoms with E-state index in [0.717, 1.165) is 11.1 Å². The molecule has 0 bridgehead atoms. The minimum absolute atomic E-state index is 0.0135. The Bertz CT molecular complexity index is 482. The molecule has 1 atom stereocenters. The molecule has 0 radical (unpaired) electrons. The van der Waals surface area contributed by atoms with Crippen LogP contribution in [0.3, 0.4) is 0 Å². The lowest BCUT2D eigenvalue weighted by molar-refractivity contribution is 0.0882. The van der Waals surface area contributed by atoms with Crippen LogP contribution in [0.2, 0.25) is 0 Å². The summed E-state index contributed by atoms with van der Waals surface area (Å²) in [5, 5.41) is 9.37. The minimum Gasteiger partial charge on any atom is -0.396 e. The Kier molecular flexibility index (Phi) is 5.07. The second-order valence-electron chi connectivity index (χ2n) is 4.43. The highest BCUT2D eigenvalue weighted by Gasteiger charge is 2.10. The van der Waals surface area contributed by atoms with Crippen molar-refractivity contribution in [3.63, 3.8) is 0 Å². The molecular formula is C16H17FO2. The van der Waals surface area contributed by atoms with Gasteiger partial charge in [-0.15, -0.1) is 0 Å². The summed E-state index contributed by atoms with van der Waals surface area (Å²) < 4.78 is 18.4. The number of ether oxygens (including phenoxy) is 1. The number of hydrogen-bond acceptors (Lipinski definition) is 2. The van der Waals surface area contributed by atoms with Gasteiger partial charge >= 0.3 is 0 Å². The molecule has 0 spiro atoms. The van der Waals surface area contributed by atoms with Crippen molar-refractivity contribution in [1.29, 1.82) is 0 Å². The van der Waals surface area contributed by atoms with Crippen LogP contribution in [0.1, 0.15) is 17.0 Å². The van der Waals surface area contributed by atoms with Crippen LogP contribution >= 0.6 is 0 Å². The topological polar surface area (TPSA) is 29.5 Å². The Morgan fingerprint density at radius 3 is 2.32 bits per heavy atom. The van der Waals surface area contributed by atoms with Crippen LogP contribution in [0, 0.1) is 5.82 Å². The fourth-order valence-electron chi connectivity index (χ4n) is 1.88. The van der Waals surface area contributed by atoms with Gasteiger partial charge in [0.2, 0.25) is 0 Å². The average molecular weight is 260 g/mol. The zero-order chi connectivity index (χ0) is 13.5. The summed E-state index contributed by atoms with van der Waals surface area (Å²) in [6, 6.07) is 16.0. The smallest absolute Gasteiger partial charge is 0.123 e. The molecule has 2 nitrogen and oxygen atoms in total. The number of hydrogen-bond donors (Lipinski definition) is 1. The van der Waals surface area contributed by atoms with Gasteiger partial charge in [0.25, 0.3) is 0 Å². The largest absolute Gasteiger partial charge is 0.396 e. The molecule has 19 heavy (non-hydrogen) atoms. The molecule has 0 saturated heterocycles. The van der Waals surface area contributed by atoms with Gasteiger partial charge in [-0.05, 0) is 23.3 Å². The summed E-state index contributed by atoms with van der Waals surface area (Å²) in [4.78, 5) is 0. The van der Waals surface area contributed by atoms with Crippen molar-refractivity contribution in [1.82, 2.24) is 0 Å². The van der Waals surface area contributed by atoms with Crippen molar-refractivity contribution in [2.75, 3.05) is 13.2 Å². The first-order valence-electron chi connectivity index (χ1n) is 6.27. The summed E-state index contributed by atoms with van der Waals surface area (Å²) in [5.74, 6) is -0.394. The Morgan fingerprint density at radius 2 is 1.68 bits per heavy atom. The molecule has 2 aromatic carbocycles. The number of halogens is 1. The predicted molar refractivity (Wildman–Crippen MR) is 72.3 cm³/mol. The van der Waals surface area contributed by atoms with Crippen LogP contribution in [-0.2, 0) is 11.3 Å². The second-order valence-corrected chi connectivity index (χ2v) is 4.43. The molecule has 0 amide bonds. The molecule has 0 saturated carbocycles. The molecule has 2 rings (SSSR count). The highest BCUT2D eigenvalue weighted by atomic mass is 19.1. The highest BCUT2D eigenvalue weighted by Crippen LogP contribution is 2.17. The summed E-state index contributed by atoms with van der Waals surface area (Å²) in [5.41, 5.74) is 1.98. The van der Waals surface area contributed by atoms with E-state index in [1.54, 1.807) is 12.1 Å². The predicted octanol–water partition coefficient (Wildman–Crippen LogP) is 3.12. The van der Waals surface area contributed by atoms with Crippen LogP contribution in [0.4, 0.5) is 4.39 Å². The van der Waals surface area contributed by atoms with Crippen molar-refractivity contribution in [3.8, 4) is 0 Å². The van der Waals surface area contributed by atoms with E-state index in [9.17, 15) is 9.50 Å². The zero-order valence-electron chi connectivity index (χ0n) is 10.6. The second kappa shape index (κ2) is 7.02. The first-order chi connectivity index (χ1) is 9.29. The molecule has 0 fully saturated rings. The lowest BCUT2D eigenvalue weighted by atomic mass is 10.0. The van der Waals surface area contributed by atoms with Crippen molar-refractivity contribution in [2.45, 2.75) is 12.5 Å². The average Bonchev–Trinajstić information content (AvgIpc) is 2.46. The van der Waals surface area contributed by atoms with Gasteiger partial charge in [-0.2, -0.15) is 0 Å². The fourth-order valence-corrected chi connectivity index (χ4v) is 1.88. The molecule has 0 aliphatic heterocycles. The summed E-state index contributed by atoms with van der Waals surface area (Å²) in [6.45, 7) is 0.913. The standard InChI is InChI=1S/C16H17FO2/c17-16-8-6-14(7-9-16)15(10-18)12-19-11-13-4-2-1-3-5-13/h1-9,15,18H,10-12H2. The first kappa shape index (κ1) is 13.7. The molecule has 100 valence electrons. The van der Waals surface area contributed by atoms with E-state index in [-0.39, 0.29) is 18.3 Å². The third-order valence-electron chi connectivity index (χ3n) is 2.99. The van der Waals surface area contributed by atoms with Crippen molar-refractivity contribution >= 4 is 0 Å². The van der Waals surface area contributed by atoms with Crippen molar-refractivity contribution in [3.05, 3.63) is 71.5 Å². The van der Waals surface area contributed by atoms with E-state index < -0.39 is 0 Å². The molecule has 0 aliphatic rings. The third kappa shape index (κ3) is 4.16. The zero-order valence-corrected chi connectivity index (χ0v) is 10.6. The van der Waals surface area contributed by atoms with E-state index in [0.29, 0.717) is 13.2 Å². The van der Waals surface area contributed by atoms with Gasteiger partial charge < -0.3 is 9.84 Å². The van der Waals surface area contributed by atoms with Gasteiger partial charge in [-0.25, -0.2) is 4.39 Å². The molecule has 0 aliphatic carbocycles. The summed E-state index contributed by atoms with van der Waals surface area (Å²) in [7, 11) is 0. The maximum atomic E-state index is 12.8. The SMILES string of the molecule is OCC(COCc1ccccc1)c1ccc(F)cc1. The highest BCUT2D eigenvalue weighted by molar-refractivity contribution is 5.20. The Hall–Kier alpha value is -1.71. The van der Waals surface area contributed by atoms with Gasteiger partial charge in [0, 0.05) is 5.92 Å². The van der Waals surface area contributed by atoms with Crippen LogP contribution < -0.4 is 0 Å². The maximum Gasteiger partial charge on any atom is 0.123 e. The van der Waals surface area contributed by atoms with Crippen LogP contribution in [0.25, 0.3) is 0 Å². The normalized spacial score (nSPS) is 12.3. The molecule has 1 N–H and O–H groups in total.